The lowest BCUT2D eigenvalue weighted by Crippen LogP contribution is -2.46. The van der Waals surface area contributed by atoms with Gasteiger partial charge in [0.05, 0.1) is 0 Å². The average Bonchev–Trinajstić information content (AvgIpc) is 2.43. The second-order valence-electron chi connectivity index (χ2n) is 9.45. The highest BCUT2D eigenvalue weighted by Gasteiger charge is 2.48. The Labute approximate surface area is 143 Å². The maximum absolute atomic E-state index is 12.2. The molecule has 23 heavy (non-hydrogen) atoms. The summed E-state index contributed by atoms with van der Waals surface area (Å²) in [5.74, 6) is 1.79. The molecular formula is C21H38O2. The van der Waals surface area contributed by atoms with Gasteiger partial charge in [-0.1, -0.05) is 54.4 Å². The summed E-state index contributed by atoms with van der Waals surface area (Å²) in [4.78, 5) is 24.3. The minimum Gasteiger partial charge on any atom is -0.300 e. The van der Waals surface area contributed by atoms with Gasteiger partial charge in [-0.3, -0.25) is 9.59 Å². The Balaban J connectivity index is 2.34. The Morgan fingerprint density at radius 2 is 1.48 bits per heavy atom. The van der Waals surface area contributed by atoms with Crippen LogP contribution in [0.25, 0.3) is 0 Å². The lowest BCUT2D eigenvalue weighted by Gasteiger charge is -2.52. The molecule has 134 valence electrons. The number of ketones is 2. The minimum atomic E-state index is 0.151. The fourth-order valence-corrected chi connectivity index (χ4v) is 3.66. The van der Waals surface area contributed by atoms with Gasteiger partial charge in [0.15, 0.2) is 0 Å². The maximum atomic E-state index is 12.2. The largest absolute Gasteiger partial charge is 0.300 e. The van der Waals surface area contributed by atoms with E-state index in [4.69, 9.17) is 0 Å². The lowest BCUT2D eigenvalue weighted by molar-refractivity contribution is -0.129. The van der Waals surface area contributed by atoms with Gasteiger partial charge in [-0.15, -0.1) is 0 Å². The number of rotatable bonds is 10. The zero-order valence-corrected chi connectivity index (χ0v) is 16.3. The van der Waals surface area contributed by atoms with Crippen molar-refractivity contribution >= 4 is 11.6 Å². The van der Waals surface area contributed by atoms with Gasteiger partial charge in [-0.2, -0.15) is 0 Å². The Bertz CT molecular complexity index is 401. The van der Waals surface area contributed by atoms with Crippen molar-refractivity contribution in [1.82, 2.24) is 0 Å². The molecule has 0 radical (unpaired) electrons. The second kappa shape index (κ2) is 8.44. The van der Waals surface area contributed by atoms with Crippen molar-refractivity contribution < 1.29 is 9.59 Å². The molecule has 0 amide bonds. The van der Waals surface area contributed by atoms with E-state index in [1.54, 1.807) is 0 Å². The Hall–Kier alpha value is -0.660. The third-order valence-corrected chi connectivity index (χ3v) is 5.83. The van der Waals surface area contributed by atoms with E-state index in [1.807, 2.05) is 0 Å². The Morgan fingerprint density at radius 3 is 1.91 bits per heavy atom. The van der Waals surface area contributed by atoms with Crippen molar-refractivity contribution in [3.05, 3.63) is 0 Å². The molecule has 1 saturated carbocycles. The van der Waals surface area contributed by atoms with Gasteiger partial charge in [0.2, 0.25) is 0 Å². The monoisotopic (exact) mass is 322 g/mol. The molecule has 0 heterocycles. The molecule has 1 aliphatic carbocycles. The van der Waals surface area contributed by atoms with Gasteiger partial charge in [0, 0.05) is 25.7 Å². The van der Waals surface area contributed by atoms with Crippen LogP contribution in [0.2, 0.25) is 0 Å². The molecule has 2 heteroatoms. The third kappa shape index (κ3) is 6.77. The van der Waals surface area contributed by atoms with Crippen LogP contribution in [0.5, 0.6) is 0 Å². The molecule has 0 spiro atoms. The molecule has 0 bridgehead atoms. The zero-order valence-electron chi connectivity index (χ0n) is 16.3. The maximum Gasteiger partial charge on any atom is 0.133 e. The first-order chi connectivity index (χ1) is 10.6. The fourth-order valence-electron chi connectivity index (χ4n) is 3.66. The smallest absolute Gasteiger partial charge is 0.133 e. The SMILES string of the molecule is CCCCCC(=O)C[C@@H]1C[C@H](CC(=O)CCC(C)(C)C)C1(C)C. The predicted molar refractivity (Wildman–Crippen MR) is 97.5 cm³/mol. The van der Waals surface area contributed by atoms with E-state index >= 15 is 0 Å². The number of unbranched alkanes of at least 4 members (excludes halogenated alkanes) is 2. The van der Waals surface area contributed by atoms with Crippen LogP contribution >= 0.6 is 0 Å². The highest BCUT2D eigenvalue weighted by Crippen LogP contribution is 2.54. The minimum absolute atomic E-state index is 0.151. The molecule has 2 nitrogen and oxygen atoms in total. The van der Waals surface area contributed by atoms with Crippen molar-refractivity contribution in [1.29, 1.82) is 0 Å². The summed E-state index contributed by atoms with van der Waals surface area (Å²) in [5.41, 5.74) is 0.385. The molecule has 0 unspecified atom stereocenters. The van der Waals surface area contributed by atoms with Gasteiger partial charge in [-0.05, 0) is 41.9 Å². The molecule has 1 aliphatic rings. The molecule has 1 rings (SSSR count). The van der Waals surface area contributed by atoms with E-state index in [-0.39, 0.29) is 10.8 Å². The summed E-state index contributed by atoms with van der Waals surface area (Å²) in [7, 11) is 0. The number of hydrogen-bond donors (Lipinski definition) is 0. The van der Waals surface area contributed by atoms with Crippen molar-refractivity contribution in [2.75, 3.05) is 0 Å². The van der Waals surface area contributed by atoms with Crippen LogP contribution in [0.15, 0.2) is 0 Å². The Kier molecular flexibility index (Phi) is 7.48. The van der Waals surface area contributed by atoms with Crippen molar-refractivity contribution in [2.24, 2.45) is 22.7 Å². The summed E-state index contributed by atoms with van der Waals surface area (Å²) in [5, 5.41) is 0. The van der Waals surface area contributed by atoms with Gasteiger partial charge >= 0.3 is 0 Å². The molecule has 0 saturated heterocycles. The van der Waals surface area contributed by atoms with Crippen LogP contribution in [0.4, 0.5) is 0 Å². The average molecular weight is 323 g/mol. The topological polar surface area (TPSA) is 34.1 Å². The zero-order chi connectivity index (χ0) is 17.7. The molecule has 1 fully saturated rings. The van der Waals surface area contributed by atoms with Crippen LogP contribution < -0.4 is 0 Å². The van der Waals surface area contributed by atoms with E-state index in [1.165, 1.54) is 6.42 Å². The first kappa shape index (κ1) is 20.4. The molecular weight excluding hydrogens is 284 g/mol. The van der Waals surface area contributed by atoms with Crippen molar-refractivity contribution in [3.63, 3.8) is 0 Å². The first-order valence-electron chi connectivity index (χ1n) is 9.59. The fraction of sp³-hybridized carbons (Fsp3) is 0.905. The predicted octanol–water partition coefficient (Wildman–Crippen LogP) is 5.97. The normalized spacial score (nSPS) is 23.4. The van der Waals surface area contributed by atoms with Crippen LogP contribution in [0, 0.1) is 22.7 Å². The highest BCUT2D eigenvalue weighted by molar-refractivity contribution is 5.80. The van der Waals surface area contributed by atoms with E-state index in [9.17, 15) is 9.59 Å². The highest BCUT2D eigenvalue weighted by atomic mass is 16.1. The number of hydrogen-bond acceptors (Lipinski definition) is 2. The number of Topliss-reactive ketones (excluding diaryl/α,β-unsaturated/α-hetero) is 2. The molecule has 0 aliphatic heterocycles. The standard InChI is InChI=1S/C21H38O2/c1-7-8-9-10-18(22)14-16-13-17(21(16,5)6)15-19(23)11-12-20(2,3)4/h16-17H,7-15H2,1-6H3/t16-,17+/m0/s1. The second-order valence-corrected chi connectivity index (χ2v) is 9.45. The quantitative estimate of drug-likeness (QED) is 0.464. The van der Waals surface area contributed by atoms with E-state index in [2.05, 4.69) is 41.5 Å². The summed E-state index contributed by atoms with van der Waals surface area (Å²) >= 11 is 0. The van der Waals surface area contributed by atoms with Crippen LogP contribution in [-0.4, -0.2) is 11.6 Å². The van der Waals surface area contributed by atoms with E-state index < -0.39 is 0 Å². The van der Waals surface area contributed by atoms with Crippen molar-refractivity contribution in [2.45, 2.75) is 99.3 Å². The van der Waals surface area contributed by atoms with Crippen LogP contribution in [0.3, 0.4) is 0 Å². The summed E-state index contributed by atoms with van der Waals surface area (Å²) in [6.07, 6.45) is 8.29. The lowest BCUT2D eigenvalue weighted by atomic mass is 9.52. The Morgan fingerprint density at radius 1 is 0.957 bits per heavy atom. The molecule has 0 aromatic heterocycles. The summed E-state index contributed by atoms with van der Waals surface area (Å²) in [6.45, 7) is 13.2. The number of carbonyl (C=O) groups excluding carboxylic acids is 2. The summed E-state index contributed by atoms with van der Waals surface area (Å²) in [6, 6.07) is 0. The molecule has 0 N–H and O–H groups in total. The van der Waals surface area contributed by atoms with Crippen molar-refractivity contribution in [3.8, 4) is 0 Å². The van der Waals surface area contributed by atoms with Crippen LogP contribution in [0.1, 0.15) is 99.3 Å². The van der Waals surface area contributed by atoms with Gasteiger partial charge in [0.25, 0.3) is 0 Å². The molecule has 2 atom stereocenters. The molecule has 0 aromatic carbocycles. The van der Waals surface area contributed by atoms with Gasteiger partial charge in [-0.25, -0.2) is 0 Å². The van der Waals surface area contributed by atoms with Crippen LogP contribution in [-0.2, 0) is 9.59 Å². The van der Waals surface area contributed by atoms with Gasteiger partial charge < -0.3 is 0 Å². The van der Waals surface area contributed by atoms with Gasteiger partial charge in [0.1, 0.15) is 11.6 Å². The summed E-state index contributed by atoms with van der Waals surface area (Å²) < 4.78 is 0. The third-order valence-electron chi connectivity index (χ3n) is 5.83. The first-order valence-corrected chi connectivity index (χ1v) is 9.59. The van der Waals surface area contributed by atoms with E-state index in [0.29, 0.717) is 36.2 Å². The number of carbonyl (C=O) groups is 2. The molecule has 0 aromatic rings. The van der Waals surface area contributed by atoms with E-state index in [0.717, 1.165) is 38.5 Å².